The smallest absolute Gasteiger partial charge is 0.125 e. The normalized spacial score (nSPS) is 11.1. The Bertz CT molecular complexity index is 2720. The van der Waals surface area contributed by atoms with Gasteiger partial charge < -0.3 is 9.67 Å². The fraction of sp³-hybridized carbons (Fsp3) is 0.0213. The zero-order chi connectivity index (χ0) is 34.3. The molecule has 0 spiro atoms. The Morgan fingerprint density at radius 1 is 0.538 bits per heavy atom. The predicted octanol–water partition coefficient (Wildman–Crippen LogP) is 11.7. The molecular weight excluding hydrogens is 818 g/mol. The number of aromatic hydroxyl groups is 1. The summed E-state index contributed by atoms with van der Waals surface area (Å²) in [6.07, 6.45) is 1.88. The number of fused-ring (bicyclic) bond motifs is 3. The molecule has 9 rings (SSSR count). The second-order valence-electron chi connectivity index (χ2n) is 12.8. The number of aryl methyl sites for hydroxylation is 1. The summed E-state index contributed by atoms with van der Waals surface area (Å²) < 4.78 is 2.36. The molecule has 0 unspecified atom stereocenters. The van der Waals surface area contributed by atoms with E-state index in [2.05, 4.69) is 114 Å². The van der Waals surface area contributed by atoms with E-state index in [1.807, 2.05) is 67.7 Å². The molecule has 6 aromatic carbocycles. The van der Waals surface area contributed by atoms with Crippen molar-refractivity contribution in [2.24, 2.45) is 0 Å². The van der Waals surface area contributed by atoms with E-state index in [4.69, 9.17) is 9.97 Å². The third-order valence-electron chi connectivity index (χ3n) is 9.49. The Balaban J connectivity index is 0.00000387. The number of rotatable bonds is 6. The van der Waals surface area contributed by atoms with Gasteiger partial charge in [-0.25, -0.2) is 0 Å². The molecule has 0 atom stereocenters. The first kappa shape index (κ1) is 33.1. The monoisotopic (exact) mass is 849 g/mol. The van der Waals surface area contributed by atoms with Crippen LogP contribution in [0.3, 0.4) is 0 Å². The van der Waals surface area contributed by atoms with Crippen LogP contribution in [0.5, 0.6) is 5.75 Å². The van der Waals surface area contributed by atoms with Gasteiger partial charge in [0.1, 0.15) is 5.75 Å². The van der Waals surface area contributed by atoms with Crippen molar-refractivity contribution in [2.75, 3.05) is 0 Å². The first-order valence-corrected chi connectivity index (χ1v) is 17.1. The van der Waals surface area contributed by atoms with E-state index >= 15 is 0 Å². The number of aromatic nitrogens is 3. The van der Waals surface area contributed by atoms with Crippen LogP contribution in [-0.4, -0.2) is 19.6 Å². The number of phenols is 1. The molecule has 0 radical (unpaired) electrons. The summed E-state index contributed by atoms with van der Waals surface area (Å²) in [5.41, 5.74) is 13.4. The molecule has 3 heterocycles. The molecule has 3 aromatic heterocycles. The number of hydrogen-bond donors (Lipinski definition) is 1. The Labute approximate surface area is 317 Å². The maximum Gasteiger partial charge on any atom is 0.125 e. The van der Waals surface area contributed by atoms with Crippen molar-refractivity contribution in [1.29, 1.82) is 0 Å². The van der Waals surface area contributed by atoms with Crippen LogP contribution in [0, 0.1) is 13.0 Å². The Morgan fingerprint density at radius 3 is 2.02 bits per heavy atom. The number of para-hydroxylation sites is 3. The molecule has 0 fully saturated rings. The average molecular weight is 850 g/mol. The maximum atomic E-state index is 10.9. The van der Waals surface area contributed by atoms with Gasteiger partial charge in [0.15, 0.2) is 0 Å². The van der Waals surface area contributed by atoms with Crippen LogP contribution in [0.1, 0.15) is 5.56 Å². The van der Waals surface area contributed by atoms with Gasteiger partial charge in [0.2, 0.25) is 0 Å². The Hall–Kier alpha value is -6.09. The van der Waals surface area contributed by atoms with Crippen molar-refractivity contribution < 1.29 is 26.2 Å². The van der Waals surface area contributed by atoms with E-state index in [1.165, 1.54) is 16.3 Å². The third kappa shape index (κ3) is 6.02. The van der Waals surface area contributed by atoms with E-state index in [0.717, 1.165) is 61.5 Å². The summed E-state index contributed by atoms with van der Waals surface area (Å²) in [4.78, 5) is 9.90. The molecule has 0 amide bonds. The molecule has 4 nitrogen and oxygen atoms in total. The van der Waals surface area contributed by atoms with E-state index in [0.29, 0.717) is 11.3 Å². The third-order valence-corrected chi connectivity index (χ3v) is 9.49. The molecule has 5 heteroatoms. The number of benzene rings is 6. The van der Waals surface area contributed by atoms with Crippen molar-refractivity contribution in [1.82, 2.24) is 14.5 Å². The van der Waals surface area contributed by atoms with Gasteiger partial charge >= 0.3 is 0 Å². The fourth-order valence-electron chi connectivity index (χ4n) is 7.07. The van der Waals surface area contributed by atoms with Gasteiger partial charge in [0, 0.05) is 66.2 Å². The van der Waals surface area contributed by atoms with Crippen molar-refractivity contribution in [2.45, 2.75) is 6.92 Å². The number of phenolic OH excluding ortho intramolecular Hbond substituents is 1. The molecule has 252 valence electrons. The fourth-order valence-corrected chi connectivity index (χ4v) is 7.07. The Kier molecular flexibility index (Phi) is 8.84. The van der Waals surface area contributed by atoms with Gasteiger partial charge in [-0.15, -0.1) is 24.3 Å². The van der Waals surface area contributed by atoms with Crippen LogP contribution in [0.25, 0.3) is 83.5 Å². The van der Waals surface area contributed by atoms with E-state index < -0.39 is 0 Å². The molecular formula is C47H32N3OPt-. The standard InChI is InChI=1S/C47H32N3O.Pt/c1-31-22-23-41(46(51)26-31)44-30-36(32-12-4-2-5-13-32)29-43(49-44)35-15-10-14-34(27-35)42-28-33(24-25-48-42)38-19-11-20-40-39-18-8-9-21-45(39)50(47(38)40)37-16-6-3-7-17-37;/h2-26,28-30,51H,1H3;/q-1;. The SMILES string of the molecule is Cc1ccc(-c2cc(-c3ccccc3)cc(-c3[c-]c(-c4cc(-c5cccc6c7ccccc7n(-c7ccccc7)c56)ccn4)ccc3)n2)c(O)c1.[Pt]. The van der Waals surface area contributed by atoms with E-state index in [1.54, 1.807) is 6.07 Å². The molecule has 0 saturated heterocycles. The largest absolute Gasteiger partial charge is 0.507 e. The van der Waals surface area contributed by atoms with E-state index in [9.17, 15) is 5.11 Å². The van der Waals surface area contributed by atoms with Crippen LogP contribution in [0.4, 0.5) is 0 Å². The van der Waals surface area contributed by atoms with Crippen molar-refractivity contribution in [3.63, 3.8) is 0 Å². The number of nitrogens with zero attached hydrogens (tertiary/aromatic N) is 3. The second-order valence-corrected chi connectivity index (χ2v) is 12.8. The number of hydrogen-bond acceptors (Lipinski definition) is 3. The van der Waals surface area contributed by atoms with Gasteiger partial charge in [-0.05, 0) is 71.6 Å². The molecule has 0 bridgehead atoms. The molecule has 0 aliphatic rings. The van der Waals surface area contributed by atoms with E-state index in [-0.39, 0.29) is 26.8 Å². The van der Waals surface area contributed by atoms with Crippen molar-refractivity contribution in [3.8, 4) is 67.5 Å². The molecule has 9 aromatic rings. The van der Waals surface area contributed by atoms with Gasteiger partial charge in [0.25, 0.3) is 0 Å². The number of pyridine rings is 2. The maximum absolute atomic E-state index is 10.9. The first-order valence-electron chi connectivity index (χ1n) is 17.1. The topological polar surface area (TPSA) is 50.9 Å². The van der Waals surface area contributed by atoms with Crippen LogP contribution in [0.15, 0.2) is 170 Å². The summed E-state index contributed by atoms with van der Waals surface area (Å²) in [5.74, 6) is 0.207. The first-order chi connectivity index (χ1) is 25.1. The average Bonchev–Trinajstić information content (AvgIpc) is 3.53. The molecule has 0 aliphatic heterocycles. The molecule has 52 heavy (non-hydrogen) atoms. The minimum absolute atomic E-state index is 0. The molecule has 0 aliphatic carbocycles. The van der Waals surface area contributed by atoms with Crippen LogP contribution in [-0.2, 0) is 21.1 Å². The molecule has 1 N–H and O–H groups in total. The summed E-state index contributed by atoms with van der Waals surface area (Å²) >= 11 is 0. The molecule has 0 saturated carbocycles. The van der Waals surface area contributed by atoms with Crippen LogP contribution < -0.4 is 0 Å². The summed E-state index contributed by atoms with van der Waals surface area (Å²) in [6.45, 7) is 1.97. The summed E-state index contributed by atoms with van der Waals surface area (Å²) in [7, 11) is 0. The summed E-state index contributed by atoms with van der Waals surface area (Å²) in [6, 6.07) is 59.8. The predicted molar refractivity (Wildman–Crippen MR) is 209 cm³/mol. The second kappa shape index (κ2) is 13.9. The van der Waals surface area contributed by atoms with Crippen LogP contribution >= 0.6 is 0 Å². The van der Waals surface area contributed by atoms with Crippen molar-refractivity contribution in [3.05, 3.63) is 182 Å². The Morgan fingerprint density at radius 2 is 1.21 bits per heavy atom. The van der Waals surface area contributed by atoms with Gasteiger partial charge in [-0.2, -0.15) is 0 Å². The summed E-state index contributed by atoms with van der Waals surface area (Å²) in [5, 5.41) is 13.3. The van der Waals surface area contributed by atoms with Crippen molar-refractivity contribution >= 4 is 21.8 Å². The zero-order valence-electron chi connectivity index (χ0n) is 28.3. The van der Waals surface area contributed by atoms with Gasteiger partial charge in [0.05, 0.1) is 16.7 Å². The van der Waals surface area contributed by atoms with Gasteiger partial charge in [-0.1, -0.05) is 114 Å². The quantitative estimate of drug-likeness (QED) is 0.170. The minimum Gasteiger partial charge on any atom is -0.507 e. The zero-order valence-corrected chi connectivity index (χ0v) is 30.5. The minimum atomic E-state index is 0. The van der Waals surface area contributed by atoms with Crippen LogP contribution in [0.2, 0.25) is 0 Å². The van der Waals surface area contributed by atoms with Gasteiger partial charge in [-0.3, -0.25) is 9.97 Å².